The number of hydrogen-bond acceptors (Lipinski definition) is 5. The third-order valence-electron chi connectivity index (χ3n) is 2.34. The molecule has 0 amide bonds. The molecule has 0 atom stereocenters. The van der Waals surface area contributed by atoms with Crippen molar-refractivity contribution in [2.24, 2.45) is 0 Å². The lowest BCUT2D eigenvalue weighted by molar-refractivity contribution is -0.139. The number of methoxy groups -OCH3 is 1. The Kier molecular flexibility index (Phi) is 5.00. The van der Waals surface area contributed by atoms with Gasteiger partial charge < -0.3 is 4.74 Å². The minimum absolute atomic E-state index is 0.139. The number of thioether (sulfide) groups is 1. The highest BCUT2D eigenvalue weighted by Crippen LogP contribution is 2.40. The van der Waals surface area contributed by atoms with Crippen molar-refractivity contribution >= 4 is 16.8 Å². The first kappa shape index (κ1) is 16.3. The summed E-state index contributed by atoms with van der Waals surface area (Å²) in [7, 11) is 1.12. The van der Waals surface area contributed by atoms with Gasteiger partial charge in [0.15, 0.2) is 5.04 Å². The molecule has 1 aromatic heterocycles. The number of pyridine rings is 1. The average molecular weight is 303 g/mol. The van der Waals surface area contributed by atoms with Gasteiger partial charge in [-0.2, -0.15) is 18.4 Å². The van der Waals surface area contributed by atoms with Crippen LogP contribution in [0.5, 0.6) is 5.88 Å². The van der Waals surface area contributed by atoms with Crippen molar-refractivity contribution in [2.75, 3.05) is 7.11 Å². The highest BCUT2D eigenvalue weighted by molar-refractivity contribution is 8.14. The van der Waals surface area contributed by atoms with Crippen molar-refractivity contribution in [3.8, 4) is 11.9 Å². The Morgan fingerprint density at radius 1 is 1.50 bits per heavy atom. The predicted molar refractivity (Wildman–Crippen MR) is 69.1 cm³/mol. The summed E-state index contributed by atoms with van der Waals surface area (Å²) in [5, 5.41) is 15.5. The number of hydrogen-bond donors (Lipinski definition) is 1. The Hall–Kier alpha value is -1.75. The standard InChI is InChI=1S/C12H12F3N3OS/c1-6(2)10-8(20-9(17)5-16)4-7(12(13,14)15)11(18-10)19-3/h4,6,17H,1-3H3. The second-order valence-corrected chi connectivity index (χ2v) is 5.18. The molecule has 4 nitrogen and oxygen atoms in total. The zero-order chi connectivity index (χ0) is 15.5. The molecule has 0 bridgehead atoms. The largest absolute Gasteiger partial charge is 0.481 e. The summed E-state index contributed by atoms with van der Waals surface area (Å²) in [5.74, 6) is -0.672. The lowest BCUT2D eigenvalue weighted by atomic mass is 10.1. The fourth-order valence-corrected chi connectivity index (χ4v) is 2.31. The summed E-state index contributed by atoms with van der Waals surface area (Å²) in [6, 6.07) is 2.45. The van der Waals surface area contributed by atoms with Crippen LogP contribution in [-0.2, 0) is 6.18 Å². The van der Waals surface area contributed by atoms with Crippen LogP contribution >= 0.6 is 11.8 Å². The molecule has 0 unspecified atom stereocenters. The van der Waals surface area contributed by atoms with Crippen LogP contribution in [-0.4, -0.2) is 17.1 Å². The minimum Gasteiger partial charge on any atom is -0.481 e. The summed E-state index contributed by atoms with van der Waals surface area (Å²) in [6.07, 6.45) is -4.61. The molecular weight excluding hydrogens is 291 g/mol. The van der Waals surface area contributed by atoms with Crippen molar-refractivity contribution in [2.45, 2.75) is 30.8 Å². The van der Waals surface area contributed by atoms with Crippen molar-refractivity contribution < 1.29 is 17.9 Å². The predicted octanol–water partition coefficient (Wildman–Crippen LogP) is 3.83. The molecule has 20 heavy (non-hydrogen) atoms. The van der Waals surface area contributed by atoms with E-state index in [2.05, 4.69) is 9.72 Å². The molecule has 0 aliphatic carbocycles. The van der Waals surface area contributed by atoms with Crippen LogP contribution < -0.4 is 4.74 Å². The number of nitrogens with zero attached hydrogens (tertiary/aromatic N) is 2. The highest BCUT2D eigenvalue weighted by atomic mass is 32.2. The molecule has 8 heteroatoms. The third-order valence-corrected chi connectivity index (χ3v) is 3.18. The Labute approximate surface area is 118 Å². The minimum atomic E-state index is -4.61. The zero-order valence-corrected chi connectivity index (χ0v) is 11.8. The first-order valence-electron chi connectivity index (χ1n) is 5.53. The molecule has 108 valence electrons. The van der Waals surface area contributed by atoms with Crippen molar-refractivity contribution in [1.82, 2.24) is 4.98 Å². The molecule has 1 rings (SSSR count). The quantitative estimate of drug-likeness (QED) is 0.523. The number of nitrogens with one attached hydrogen (secondary N) is 1. The molecule has 1 N–H and O–H groups in total. The van der Waals surface area contributed by atoms with Gasteiger partial charge in [0.25, 0.3) is 0 Å². The average Bonchev–Trinajstić information content (AvgIpc) is 2.36. The monoisotopic (exact) mass is 303 g/mol. The SMILES string of the molecule is COc1nc(C(C)C)c(SC(=N)C#N)cc1C(F)(F)F. The van der Waals surface area contributed by atoms with E-state index in [-0.39, 0.29) is 10.8 Å². The van der Waals surface area contributed by atoms with E-state index in [0.29, 0.717) is 17.5 Å². The van der Waals surface area contributed by atoms with Crippen molar-refractivity contribution in [3.05, 3.63) is 17.3 Å². The van der Waals surface area contributed by atoms with E-state index in [4.69, 9.17) is 10.7 Å². The van der Waals surface area contributed by atoms with Crippen LogP contribution in [0.2, 0.25) is 0 Å². The maximum absolute atomic E-state index is 12.9. The molecule has 0 aliphatic heterocycles. The van der Waals surface area contributed by atoms with Crippen LogP contribution in [0.3, 0.4) is 0 Å². The topological polar surface area (TPSA) is 69.8 Å². The lowest BCUT2D eigenvalue weighted by Crippen LogP contribution is -2.11. The maximum atomic E-state index is 12.9. The fraction of sp³-hybridized carbons (Fsp3) is 0.417. The summed E-state index contributed by atoms with van der Waals surface area (Å²) < 4.78 is 43.4. The Balaban J connectivity index is 3.47. The van der Waals surface area contributed by atoms with Gasteiger partial charge in [-0.05, 0) is 12.0 Å². The molecule has 0 saturated heterocycles. The van der Waals surface area contributed by atoms with Gasteiger partial charge in [-0.25, -0.2) is 4.98 Å². The van der Waals surface area contributed by atoms with Crippen LogP contribution in [0.4, 0.5) is 13.2 Å². The molecule has 0 aliphatic rings. The number of nitriles is 1. The van der Waals surface area contributed by atoms with E-state index in [1.54, 1.807) is 19.9 Å². The number of halogens is 3. The van der Waals surface area contributed by atoms with Crippen molar-refractivity contribution in [3.63, 3.8) is 0 Å². The molecule has 0 aromatic carbocycles. The van der Waals surface area contributed by atoms with Crippen LogP contribution in [0.25, 0.3) is 0 Å². The van der Waals surface area contributed by atoms with Gasteiger partial charge in [-0.15, -0.1) is 0 Å². The first-order valence-corrected chi connectivity index (χ1v) is 6.35. The molecule has 0 radical (unpaired) electrons. The zero-order valence-electron chi connectivity index (χ0n) is 11.0. The lowest BCUT2D eigenvalue weighted by Gasteiger charge is -2.17. The molecular formula is C12H12F3N3OS. The Morgan fingerprint density at radius 2 is 2.10 bits per heavy atom. The van der Waals surface area contributed by atoms with E-state index in [9.17, 15) is 13.2 Å². The third kappa shape index (κ3) is 3.63. The van der Waals surface area contributed by atoms with Crippen LogP contribution in [0.1, 0.15) is 31.0 Å². The molecule has 0 spiro atoms. The summed E-state index contributed by atoms with van der Waals surface area (Å²) in [5.41, 5.74) is -0.655. The van der Waals surface area contributed by atoms with Gasteiger partial charge in [-0.1, -0.05) is 25.6 Å². The summed E-state index contributed by atoms with van der Waals surface area (Å²) in [6.45, 7) is 3.52. The first-order chi connectivity index (χ1) is 9.20. The second kappa shape index (κ2) is 6.13. The maximum Gasteiger partial charge on any atom is 0.421 e. The van der Waals surface area contributed by atoms with Gasteiger partial charge in [0.1, 0.15) is 11.6 Å². The number of rotatable bonds is 3. The molecule has 1 heterocycles. The van der Waals surface area contributed by atoms with Gasteiger partial charge in [0, 0.05) is 4.90 Å². The van der Waals surface area contributed by atoms with Crippen LogP contribution in [0.15, 0.2) is 11.0 Å². The molecule has 1 aromatic rings. The van der Waals surface area contributed by atoms with Crippen LogP contribution in [0, 0.1) is 16.7 Å². The van der Waals surface area contributed by atoms with E-state index < -0.39 is 22.7 Å². The van der Waals surface area contributed by atoms with Gasteiger partial charge in [0.05, 0.1) is 12.8 Å². The number of ether oxygens (including phenoxy) is 1. The van der Waals surface area contributed by atoms with E-state index >= 15 is 0 Å². The van der Waals surface area contributed by atoms with E-state index in [1.165, 1.54) is 0 Å². The fourth-order valence-electron chi connectivity index (χ4n) is 1.48. The normalized spacial score (nSPS) is 11.3. The second-order valence-electron chi connectivity index (χ2n) is 4.12. The molecule has 0 saturated carbocycles. The van der Waals surface area contributed by atoms with E-state index in [0.717, 1.165) is 13.2 Å². The van der Waals surface area contributed by atoms with Gasteiger partial charge in [-0.3, -0.25) is 5.41 Å². The van der Waals surface area contributed by atoms with Crippen molar-refractivity contribution in [1.29, 1.82) is 10.7 Å². The van der Waals surface area contributed by atoms with Gasteiger partial charge in [0.2, 0.25) is 5.88 Å². The summed E-state index contributed by atoms with van der Waals surface area (Å²) in [4.78, 5) is 4.01. The van der Waals surface area contributed by atoms with Gasteiger partial charge >= 0.3 is 6.18 Å². The Bertz CT molecular complexity index is 564. The van der Waals surface area contributed by atoms with E-state index in [1.807, 2.05) is 0 Å². The number of alkyl halides is 3. The number of aromatic nitrogens is 1. The molecule has 0 fully saturated rings. The smallest absolute Gasteiger partial charge is 0.421 e. The summed E-state index contributed by atoms with van der Waals surface area (Å²) >= 11 is 0.652. The highest BCUT2D eigenvalue weighted by Gasteiger charge is 2.36. The Morgan fingerprint density at radius 3 is 2.50 bits per heavy atom.